The summed E-state index contributed by atoms with van der Waals surface area (Å²) in [6.07, 6.45) is 2.13. The molecule has 3 heteroatoms. The van der Waals surface area contributed by atoms with Gasteiger partial charge >= 0.3 is 0 Å². The van der Waals surface area contributed by atoms with Crippen molar-refractivity contribution in [1.82, 2.24) is 0 Å². The molecule has 0 aliphatic carbocycles. The number of halogens is 1. The van der Waals surface area contributed by atoms with E-state index in [0.29, 0.717) is 6.42 Å². The Hall–Kier alpha value is -1.58. The fourth-order valence-electron chi connectivity index (χ4n) is 2.10. The van der Waals surface area contributed by atoms with Gasteiger partial charge in [0, 0.05) is 4.47 Å². The number of benzene rings is 2. The second kappa shape index (κ2) is 7.43. The van der Waals surface area contributed by atoms with E-state index in [1.807, 2.05) is 61.5 Å². The van der Waals surface area contributed by atoms with Crippen LogP contribution >= 0.6 is 15.9 Å². The first-order valence-electron chi connectivity index (χ1n) is 6.95. The van der Waals surface area contributed by atoms with Crippen molar-refractivity contribution in [2.75, 3.05) is 7.11 Å². The van der Waals surface area contributed by atoms with E-state index in [1.165, 1.54) is 0 Å². The Labute approximate surface area is 134 Å². The number of ether oxygens (including phenoxy) is 1. The molecular weight excluding hydrogens is 328 g/mol. The minimum absolute atomic E-state index is 0.464. The molecule has 0 radical (unpaired) electrons. The number of hydrogen-bond acceptors (Lipinski definition) is 2. The highest BCUT2D eigenvalue weighted by atomic mass is 79.9. The molecule has 0 amide bonds. The molecule has 0 saturated carbocycles. The molecule has 0 aliphatic heterocycles. The predicted molar refractivity (Wildman–Crippen MR) is 90.5 cm³/mol. The van der Waals surface area contributed by atoms with Gasteiger partial charge in [0.2, 0.25) is 0 Å². The Kier molecular flexibility index (Phi) is 5.59. The number of aliphatic hydroxyl groups excluding tert-OH is 1. The van der Waals surface area contributed by atoms with Crippen molar-refractivity contribution in [1.29, 1.82) is 0 Å². The average Bonchev–Trinajstić information content (AvgIpc) is 2.53. The van der Waals surface area contributed by atoms with Gasteiger partial charge in [0.05, 0.1) is 13.2 Å². The zero-order chi connectivity index (χ0) is 15.2. The molecule has 2 nitrogen and oxygen atoms in total. The normalized spacial score (nSPS) is 13.0. The molecular formula is C18H19BrO2. The summed E-state index contributed by atoms with van der Waals surface area (Å²) in [6, 6.07) is 15.9. The van der Waals surface area contributed by atoms with Gasteiger partial charge in [0.25, 0.3) is 0 Å². The lowest BCUT2D eigenvalue weighted by Crippen LogP contribution is -2.02. The van der Waals surface area contributed by atoms with Gasteiger partial charge in [-0.3, -0.25) is 0 Å². The van der Waals surface area contributed by atoms with Crippen LogP contribution in [0.15, 0.2) is 59.1 Å². The van der Waals surface area contributed by atoms with E-state index in [-0.39, 0.29) is 0 Å². The number of rotatable bonds is 5. The molecule has 0 aromatic heterocycles. The molecule has 0 spiro atoms. The number of aliphatic hydroxyl groups is 1. The summed E-state index contributed by atoms with van der Waals surface area (Å²) in [6.45, 7) is 1.97. The number of hydrogen-bond donors (Lipinski definition) is 1. The van der Waals surface area contributed by atoms with Crippen molar-refractivity contribution in [3.63, 3.8) is 0 Å². The molecule has 110 valence electrons. The van der Waals surface area contributed by atoms with Crippen molar-refractivity contribution in [3.05, 3.63) is 70.2 Å². The Morgan fingerprint density at radius 2 is 1.86 bits per heavy atom. The quantitative estimate of drug-likeness (QED) is 0.852. The third-order valence-electron chi connectivity index (χ3n) is 3.34. The zero-order valence-corrected chi connectivity index (χ0v) is 13.8. The molecule has 1 N–H and O–H groups in total. The Morgan fingerprint density at radius 3 is 2.43 bits per heavy atom. The molecule has 0 bridgehead atoms. The second-order valence-corrected chi connectivity index (χ2v) is 5.62. The van der Waals surface area contributed by atoms with Crippen molar-refractivity contribution in [3.8, 4) is 5.75 Å². The molecule has 0 fully saturated rings. The fraction of sp³-hybridized carbons (Fsp3) is 0.222. The topological polar surface area (TPSA) is 29.5 Å². The molecule has 2 aromatic rings. The lowest BCUT2D eigenvalue weighted by molar-refractivity contribution is 0.219. The van der Waals surface area contributed by atoms with Crippen LogP contribution in [0.3, 0.4) is 0 Å². The molecule has 21 heavy (non-hydrogen) atoms. The Balaban J connectivity index is 2.50. The third-order valence-corrected chi connectivity index (χ3v) is 4.03. The molecule has 0 saturated heterocycles. The molecule has 0 aliphatic rings. The standard InChI is InChI=1S/C18H19BrO2/c1-3-14(20)12-17(16-6-4-5-7-18(16)19)13-8-10-15(21-2)11-9-13/h4-12,14,20H,3H2,1-2H3/b17-12-. The van der Waals surface area contributed by atoms with Crippen LogP contribution < -0.4 is 4.74 Å². The van der Waals surface area contributed by atoms with Crippen LogP contribution in [-0.4, -0.2) is 18.3 Å². The Bertz CT molecular complexity index is 617. The largest absolute Gasteiger partial charge is 0.497 e. The van der Waals surface area contributed by atoms with E-state index in [9.17, 15) is 5.11 Å². The van der Waals surface area contributed by atoms with Crippen molar-refractivity contribution >= 4 is 21.5 Å². The van der Waals surface area contributed by atoms with Gasteiger partial charge in [-0.1, -0.05) is 53.2 Å². The van der Waals surface area contributed by atoms with E-state index < -0.39 is 6.10 Å². The van der Waals surface area contributed by atoms with Crippen LogP contribution in [0.4, 0.5) is 0 Å². The number of methoxy groups -OCH3 is 1. The average molecular weight is 347 g/mol. The maximum Gasteiger partial charge on any atom is 0.118 e. The van der Waals surface area contributed by atoms with Crippen LogP contribution in [0.2, 0.25) is 0 Å². The van der Waals surface area contributed by atoms with Crippen LogP contribution in [-0.2, 0) is 0 Å². The highest BCUT2D eigenvalue weighted by Crippen LogP contribution is 2.31. The molecule has 1 atom stereocenters. The highest BCUT2D eigenvalue weighted by Gasteiger charge is 2.10. The minimum Gasteiger partial charge on any atom is -0.497 e. The molecule has 2 aromatic carbocycles. The van der Waals surface area contributed by atoms with Crippen molar-refractivity contribution in [2.45, 2.75) is 19.4 Å². The lowest BCUT2D eigenvalue weighted by atomic mass is 9.96. The van der Waals surface area contributed by atoms with Gasteiger partial charge in [-0.2, -0.15) is 0 Å². The van der Waals surface area contributed by atoms with Crippen LogP contribution in [0.5, 0.6) is 5.75 Å². The minimum atomic E-state index is -0.464. The van der Waals surface area contributed by atoms with E-state index >= 15 is 0 Å². The zero-order valence-electron chi connectivity index (χ0n) is 12.2. The van der Waals surface area contributed by atoms with Crippen LogP contribution in [0, 0.1) is 0 Å². The lowest BCUT2D eigenvalue weighted by Gasteiger charge is -2.13. The first-order chi connectivity index (χ1) is 10.2. The monoisotopic (exact) mass is 346 g/mol. The van der Waals surface area contributed by atoms with E-state index in [0.717, 1.165) is 26.9 Å². The summed E-state index contributed by atoms with van der Waals surface area (Å²) in [5.74, 6) is 0.821. The van der Waals surface area contributed by atoms with Gasteiger partial charge in [-0.15, -0.1) is 0 Å². The summed E-state index contributed by atoms with van der Waals surface area (Å²) in [5, 5.41) is 10.0. The summed E-state index contributed by atoms with van der Waals surface area (Å²) >= 11 is 3.59. The molecule has 1 unspecified atom stereocenters. The van der Waals surface area contributed by atoms with E-state index in [2.05, 4.69) is 15.9 Å². The third kappa shape index (κ3) is 3.96. The van der Waals surface area contributed by atoms with E-state index in [1.54, 1.807) is 7.11 Å². The predicted octanol–water partition coefficient (Wildman–Crippen LogP) is 4.66. The molecule has 2 rings (SSSR count). The maximum absolute atomic E-state index is 10.0. The van der Waals surface area contributed by atoms with Gasteiger partial charge < -0.3 is 9.84 Å². The van der Waals surface area contributed by atoms with Gasteiger partial charge in [0.1, 0.15) is 5.75 Å². The summed E-state index contributed by atoms with van der Waals surface area (Å²) in [7, 11) is 1.65. The SMILES string of the molecule is CCC(O)/C=C(/c1ccc(OC)cc1)c1ccccc1Br. The summed E-state index contributed by atoms with van der Waals surface area (Å²) < 4.78 is 6.21. The first kappa shape index (κ1) is 15.8. The van der Waals surface area contributed by atoms with Crippen molar-refractivity contribution < 1.29 is 9.84 Å². The highest BCUT2D eigenvalue weighted by molar-refractivity contribution is 9.10. The molecule has 0 heterocycles. The first-order valence-corrected chi connectivity index (χ1v) is 7.74. The van der Waals surface area contributed by atoms with Gasteiger partial charge in [-0.05, 0) is 47.4 Å². The van der Waals surface area contributed by atoms with Gasteiger partial charge in [0.15, 0.2) is 0 Å². The van der Waals surface area contributed by atoms with Gasteiger partial charge in [-0.25, -0.2) is 0 Å². The second-order valence-electron chi connectivity index (χ2n) is 4.76. The van der Waals surface area contributed by atoms with Crippen LogP contribution in [0.25, 0.3) is 5.57 Å². The fourth-order valence-corrected chi connectivity index (χ4v) is 2.60. The van der Waals surface area contributed by atoms with E-state index in [4.69, 9.17) is 4.74 Å². The smallest absolute Gasteiger partial charge is 0.118 e. The van der Waals surface area contributed by atoms with Crippen molar-refractivity contribution in [2.24, 2.45) is 0 Å². The summed E-state index contributed by atoms with van der Waals surface area (Å²) in [5.41, 5.74) is 3.13. The summed E-state index contributed by atoms with van der Waals surface area (Å²) in [4.78, 5) is 0. The maximum atomic E-state index is 10.0. The van der Waals surface area contributed by atoms with Crippen LogP contribution in [0.1, 0.15) is 24.5 Å². The Morgan fingerprint density at radius 1 is 1.19 bits per heavy atom.